The first-order valence-electron chi connectivity index (χ1n) is 5.30. The summed E-state index contributed by atoms with van der Waals surface area (Å²) in [5.41, 5.74) is 5.79. The van der Waals surface area contributed by atoms with Crippen molar-refractivity contribution in [3.05, 3.63) is 22.3 Å². The van der Waals surface area contributed by atoms with Crippen LogP contribution in [0, 0.1) is 5.92 Å². The summed E-state index contributed by atoms with van der Waals surface area (Å²) in [5, 5.41) is 8.88. The van der Waals surface area contributed by atoms with Crippen LogP contribution in [0.15, 0.2) is 16.7 Å². The predicted octanol–water partition coefficient (Wildman–Crippen LogP) is -0.497. The van der Waals surface area contributed by atoms with Crippen molar-refractivity contribution in [1.29, 1.82) is 0 Å². The minimum absolute atomic E-state index is 0.0200. The number of nitrogens with two attached hydrogens (primary N) is 1. The van der Waals surface area contributed by atoms with Crippen molar-refractivity contribution in [1.82, 2.24) is 19.5 Å². The van der Waals surface area contributed by atoms with Gasteiger partial charge in [0, 0.05) is 12.1 Å². The highest BCUT2D eigenvalue weighted by atomic mass is 19.1. The number of nitrogen functional groups attached to an aromatic ring is 1. The Bertz CT molecular complexity index is 704. The summed E-state index contributed by atoms with van der Waals surface area (Å²) in [7, 11) is 0. The lowest BCUT2D eigenvalue weighted by Crippen LogP contribution is -2.12. The fourth-order valence-corrected chi connectivity index (χ4v) is 1.89. The van der Waals surface area contributed by atoms with Crippen molar-refractivity contribution in [2.24, 2.45) is 5.92 Å². The number of halogens is 1. The summed E-state index contributed by atoms with van der Waals surface area (Å²) >= 11 is 0. The number of hydrogen-bond acceptors (Lipinski definition) is 5. The standard InChI is InChI=1S/C10H10FN5O2/c11-6-4(5(6)2-17)1-16-3-13-8-7(16)9(18)15-10(12)14-8/h1,3,5-6,17H,2H2,(H3,12,14,15,18)/b4-1-/t5-,6+/m1/s1. The molecule has 0 aromatic carbocycles. The summed E-state index contributed by atoms with van der Waals surface area (Å²) in [6.07, 6.45) is 1.65. The number of alkyl halides is 1. The second-order valence-electron chi connectivity index (χ2n) is 4.10. The second kappa shape index (κ2) is 3.64. The van der Waals surface area contributed by atoms with Gasteiger partial charge >= 0.3 is 0 Å². The van der Waals surface area contributed by atoms with Crippen LogP contribution in [0.5, 0.6) is 0 Å². The van der Waals surface area contributed by atoms with Crippen LogP contribution in [0.3, 0.4) is 0 Å². The maximum absolute atomic E-state index is 13.2. The molecule has 2 atom stereocenters. The maximum Gasteiger partial charge on any atom is 0.278 e. The van der Waals surface area contributed by atoms with E-state index in [2.05, 4.69) is 15.0 Å². The summed E-state index contributed by atoms with van der Waals surface area (Å²) in [4.78, 5) is 21.8. The fourth-order valence-electron chi connectivity index (χ4n) is 1.89. The number of rotatable bonds is 2. The molecule has 0 aliphatic heterocycles. The number of H-pyrrole nitrogens is 1. The molecular weight excluding hydrogens is 241 g/mol. The van der Waals surface area contributed by atoms with Gasteiger partial charge in [0.25, 0.3) is 5.56 Å². The number of fused-ring (bicyclic) bond motifs is 1. The number of imidazole rings is 1. The molecule has 0 amide bonds. The van der Waals surface area contributed by atoms with E-state index in [1.54, 1.807) is 0 Å². The fraction of sp³-hybridized carbons (Fsp3) is 0.300. The number of hydrogen-bond donors (Lipinski definition) is 3. The molecule has 0 saturated heterocycles. The van der Waals surface area contributed by atoms with E-state index in [0.29, 0.717) is 5.57 Å². The number of aromatic nitrogens is 4. The van der Waals surface area contributed by atoms with E-state index >= 15 is 0 Å². The maximum atomic E-state index is 13.2. The predicted molar refractivity (Wildman–Crippen MR) is 62.3 cm³/mol. The molecule has 94 valence electrons. The average molecular weight is 251 g/mol. The van der Waals surface area contributed by atoms with Crippen molar-refractivity contribution in [2.75, 3.05) is 12.3 Å². The summed E-state index contributed by atoms with van der Waals surface area (Å²) < 4.78 is 14.6. The molecule has 2 aromatic rings. The zero-order chi connectivity index (χ0) is 12.9. The molecule has 1 aliphatic rings. The van der Waals surface area contributed by atoms with Crippen LogP contribution in [0.4, 0.5) is 10.3 Å². The molecule has 0 spiro atoms. The molecule has 0 bridgehead atoms. The molecule has 4 N–H and O–H groups in total. The lowest BCUT2D eigenvalue weighted by atomic mass is 10.4. The SMILES string of the molecule is Nc1nc2ncn(/C=C3/[C@@H](CO)[C@H]3F)c2c(=O)[nH]1. The molecular formula is C10H10FN5O2. The van der Waals surface area contributed by atoms with E-state index in [1.165, 1.54) is 17.1 Å². The smallest absolute Gasteiger partial charge is 0.278 e. The van der Waals surface area contributed by atoms with Crippen molar-refractivity contribution in [3.8, 4) is 0 Å². The third-order valence-electron chi connectivity index (χ3n) is 2.93. The highest BCUT2D eigenvalue weighted by Gasteiger charge is 2.44. The monoisotopic (exact) mass is 251 g/mol. The van der Waals surface area contributed by atoms with Crippen LogP contribution >= 0.6 is 0 Å². The lowest BCUT2D eigenvalue weighted by Gasteiger charge is -1.95. The van der Waals surface area contributed by atoms with E-state index < -0.39 is 17.6 Å². The normalized spacial score (nSPS) is 24.9. The highest BCUT2D eigenvalue weighted by molar-refractivity contribution is 5.74. The number of nitrogens with one attached hydrogen (secondary N) is 1. The molecule has 0 radical (unpaired) electrons. The quantitative estimate of drug-likeness (QED) is 0.666. The molecule has 2 aromatic heterocycles. The largest absolute Gasteiger partial charge is 0.396 e. The summed E-state index contributed by atoms with van der Waals surface area (Å²) in [6, 6.07) is 0. The minimum Gasteiger partial charge on any atom is -0.396 e. The molecule has 1 fully saturated rings. The molecule has 3 rings (SSSR count). The van der Waals surface area contributed by atoms with E-state index in [4.69, 9.17) is 10.8 Å². The van der Waals surface area contributed by atoms with Crippen LogP contribution < -0.4 is 11.3 Å². The van der Waals surface area contributed by atoms with Gasteiger partial charge in [0.05, 0.1) is 6.61 Å². The van der Waals surface area contributed by atoms with Crippen molar-refractivity contribution in [3.63, 3.8) is 0 Å². The number of aliphatic hydroxyl groups excluding tert-OH is 1. The van der Waals surface area contributed by atoms with Gasteiger partial charge in [-0.05, 0) is 5.57 Å². The molecule has 18 heavy (non-hydrogen) atoms. The van der Waals surface area contributed by atoms with Gasteiger partial charge in [-0.15, -0.1) is 0 Å². The van der Waals surface area contributed by atoms with Gasteiger partial charge in [-0.3, -0.25) is 14.3 Å². The number of aliphatic hydroxyl groups is 1. The van der Waals surface area contributed by atoms with E-state index in [9.17, 15) is 9.18 Å². The first-order valence-corrected chi connectivity index (χ1v) is 5.30. The van der Waals surface area contributed by atoms with E-state index in [-0.39, 0.29) is 23.7 Å². The van der Waals surface area contributed by atoms with Gasteiger partial charge in [-0.25, -0.2) is 9.37 Å². The van der Waals surface area contributed by atoms with E-state index in [0.717, 1.165) is 0 Å². The van der Waals surface area contributed by atoms with E-state index in [1.807, 2.05) is 0 Å². The Morgan fingerprint density at radius 3 is 3.11 bits per heavy atom. The van der Waals surface area contributed by atoms with Crippen molar-refractivity contribution >= 4 is 23.3 Å². The third kappa shape index (κ3) is 1.50. The van der Waals surface area contributed by atoms with Crippen LogP contribution in [0.25, 0.3) is 17.4 Å². The Kier molecular flexibility index (Phi) is 2.20. The van der Waals surface area contributed by atoms with Gasteiger partial charge in [-0.2, -0.15) is 4.98 Å². The van der Waals surface area contributed by atoms with Crippen LogP contribution in [0.2, 0.25) is 0 Å². The molecule has 1 saturated carbocycles. The topological polar surface area (TPSA) is 110 Å². The van der Waals surface area contributed by atoms with Crippen molar-refractivity contribution in [2.45, 2.75) is 6.17 Å². The first kappa shape index (κ1) is 10.9. The van der Waals surface area contributed by atoms with Gasteiger partial charge in [0.1, 0.15) is 12.5 Å². The van der Waals surface area contributed by atoms with Crippen LogP contribution in [0.1, 0.15) is 0 Å². The molecule has 2 heterocycles. The summed E-state index contributed by atoms with van der Waals surface area (Å²) in [6.45, 7) is -0.249. The Hall–Kier alpha value is -2.22. The Morgan fingerprint density at radius 1 is 1.67 bits per heavy atom. The Balaban J connectivity index is 2.12. The zero-order valence-electron chi connectivity index (χ0n) is 9.17. The molecule has 8 heteroatoms. The second-order valence-corrected chi connectivity index (χ2v) is 4.10. The van der Waals surface area contributed by atoms with Gasteiger partial charge in [0.15, 0.2) is 11.2 Å². The van der Waals surface area contributed by atoms with Crippen LogP contribution in [-0.4, -0.2) is 37.4 Å². The third-order valence-corrected chi connectivity index (χ3v) is 2.93. The minimum atomic E-state index is -1.16. The van der Waals surface area contributed by atoms with Gasteiger partial charge < -0.3 is 10.8 Å². The molecule has 7 nitrogen and oxygen atoms in total. The lowest BCUT2D eigenvalue weighted by molar-refractivity contribution is 0.259. The number of nitrogens with zero attached hydrogens (tertiary/aromatic N) is 3. The Labute approximate surface area is 99.8 Å². The first-order chi connectivity index (χ1) is 8.61. The highest BCUT2D eigenvalue weighted by Crippen LogP contribution is 2.41. The Morgan fingerprint density at radius 2 is 2.44 bits per heavy atom. The van der Waals surface area contributed by atoms with Gasteiger partial charge in [0.2, 0.25) is 5.95 Å². The summed E-state index contributed by atoms with van der Waals surface area (Å²) in [5.74, 6) is -0.503. The zero-order valence-corrected chi connectivity index (χ0v) is 9.17. The van der Waals surface area contributed by atoms with Gasteiger partial charge in [-0.1, -0.05) is 0 Å². The number of anilines is 1. The van der Waals surface area contributed by atoms with Crippen LogP contribution in [-0.2, 0) is 0 Å². The number of aromatic amines is 1. The van der Waals surface area contributed by atoms with Crippen molar-refractivity contribution < 1.29 is 9.50 Å². The molecule has 0 unspecified atom stereocenters. The average Bonchev–Trinajstić information content (AvgIpc) is 2.74. The molecule has 1 aliphatic carbocycles.